The third-order valence-electron chi connectivity index (χ3n) is 3.70. The molecule has 0 spiro atoms. The summed E-state index contributed by atoms with van der Waals surface area (Å²) in [5, 5.41) is 0. The SMILES string of the molecule is COc1cc(Br)cc(CN2C(=O)CCc3ccccc32)c1. The van der Waals surface area contributed by atoms with E-state index in [2.05, 4.69) is 22.0 Å². The van der Waals surface area contributed by atoms with Gasteiger partial charge in [-0.1, -0.05) is 34.1 Å². The third-order valence-corrected chi connectivity index (χ3v) is 4.16. The molecule has 3 nitrogen and oxygen atoms in total. The molecule has 0 aliphatic carbocycles. The Morgan fingerprint density at radius 3 is 2.81 bits per heavy atom. The highest BCUT2D eigenvalue weighted by atomic mass is 79.9. The fourth-order valence-electron chi connectivity index (χ4n) is 2.68. The van der Waals surface area contributed by atoms with Crippen molar-refractivity contribution in [2.75, 3.05) is 12.0 Å². The zero-order chi connectivity index (χ0) is 14.8. The predicted molar refractivity (Wildman–Crippen MR) is 86.6 cm³/mol. The normalized spacial score (nSPS) is 14.0. The Morgan fingerprint density at radius 2 is 2.00 bits per heavy atom. The average molecular weight is 346 g/mol. The molecule has 2 aromatic rings. The van der Waals surface area contributed by atoms with Crippen molar-refractivity contribution < 1.29 is 9.53 Å². The summed E-state index contributed by atoms with van der Waals surface area (Å²) in [5.74, 6) is 0.963. The van der Waals surface area contributed by atoms with Crippen molar-refractivity contribution in [3.05, 3.63) is 58.1 Å². The first-order valence-corrected chi connectivity index (χ1v) is 7.68. The molecule has 0 unspecified atom stereocenters. The lowest BCUT2D eigenvalue weighted by Crippen LogP contribution is -2.34. The minimum atomic E-state index is 0.174. The van der Waals surface area contributed by atoms with Crippen molar-refractivity contribution in [2.45, 2.75) is 19.4 Å². The zero-order valence-corrected chi connectivity index (χ0v) is 13.4. The highest BCUT2D eigenvalue weighted by molar-refractivity contribution is 9.10. The van der Waals surface area contributed by atoms with E-state index in [4.69, 9.17) is 4.74 Å². The van der Waals surface area contributed by atoms with E-state index in [1.165, 1.54) is 5.56 Å². The van der Waals surface area contributed by atoms with Crippen LogP contribution >= 0.6 is 15.9 Å². The molecule has 0 N–H and O–H groups in total. The number of rotatable bonds is 3. The summed E-state index contributed by atoms with van der Waals surface area (Å²) in [6.07, 6.45) is 1.40. The number of carbonyl (C=O) groups is 1. The number of hydrogen-bond acceptors (Lipinski definition) is 2. The first kappa shape index (κ1) is 14.1. The Hall–Kier alpha value is -1.81. The van der Waals surface area contributed by atoms with Gasteiger partial charge in [0.1, 0.15) is 5.75 Å². The second-order valence-corrected chi connectivity index (χ2v) is 6.02. The van der Waals surface area contributed by atoms with E-state index in [-0.39, 0.29) is 5.91 Å². The molecule has 0 fully saturated rings. The topological polar surface area (TPSA) is 29.5 Å². The minimum Gasteiger partial charge on any atom is -0.497 e. The van der Waals surface area contributed by atoms with Gasteiger partial charge in [-0.25, -0.2) is 0 Å². The van der Waals surface area contributed by atoms with Crippen molar-refractivity contribution in [3.8, 4) is 5.75 Å². The van der Waals surface area contributed by atoms with Crippen LogP contribution in [0, 0.1) is 0 Å². The smallest absolute Gasteiger partial charge is 0.227 e. The van der Waals surface area contributed by atoms with Crippen LogP contribution in [0.25, 0.3) is 0 Å². The van der Waals surface area contributed by atoms with Gasteiger partial charge in [-0.05, 0) is 41.8 Å². The second kappa shape index (κ2) is 5.90. The lowest BCUT2D eigenvalue weighted by molar-refractivity contribution is -0.119. The number of hydrogen-bond donors (Lipinski definition) is 0. The molecule has 0 radical (unpaired) electrons. The molecule has 2 aromatic carbocycles. The fourth-order valence-corrected chi connectivity index (χ4v) is 3.20. The van der Waals surface area contributed by atoms with E-state index in [1.54, 1.807) is 7.11 Å². The quantitative estimate of drug-likeness (QED) is 0.843. The number of aryl methyl sites for hydroxylation is 1. The van der Waals surface area contributed by atoms with Crippen LogP contribution in [-0.4, -0.2) is 13.0 Å². The van der Waals surface area contributed by atoms with Crippen LogP contribution in [0.5, 0.6) is 5.75 Å². The van der Waals surface area contributed by atoms with Gasteiger partial charge in [0.25, 0.3) is 0 Å². The highest BCUT2D eigenvalue weighted by Crippen LogP contribution is 2.30. The number of methoxy groups -OCH3 is 1. The first-order chi connectivity index (χ1) is 10.2. The van der Waals surface area contributed by atoms with Gasteiger partial charge in [-0.3, -0.25) is 4.79 Å². The summed E-state index contributed by atoms with van der Waals surface area (Å²) in [6.45, 7) is 0.561. The molecular weight excluding hydrogens is 330 g/mol. The van der Waals surface area contributed by atoms with Crippen molar-refractivity contribution in [2.24, 2.45) is 0 Å². The van der Waals surface area contributed by atoms with Crippen LogP contribution in [0.15, 0.2) is 46.9 Å². The Morgan fingerprint density at radius 1 is 1.19 bits per heavy atom. The number of benzene rings is 2. The van der Waals surface area contributed by atoms with Crippen molar-refractivity contribution >= 4 is 27.5 Å². The molecule has 1 heterocycles. The highest BCUT2D eigenvalue weighted by Gasteiger charge is 2.23. The van der Waals surface area contributed by atoms with E-state index in [1.807, 2.05) is 41.3 Å². The predicted octanol–water partition coefficient (Wildman–Crippen LogP) is 3.94. The van der Waals surface area contributed by atoms with Gasteiger partial charge in [0.05, 0.1) is 13.7 Å². The van der Waals surface area contributed by atoms with E-state index in [9.17, 15) is 4.79 Å². The molecule has 108 valence electrons. The Balaban J connectivity index is 1.94. The molecule has 0 saturated carbocycles. The number of halogens is 1. The molecule has 1 aliphatic rings. The number of ether oxygens (including phenoxy) is 1. The van der Waals surface area contributed by atoms with Gasteiger partial charge in [-0.15, -0.1) is 0 Å². The molecule has 4 heteroatoms. The number of para-hydroxylation sites is 1. The zero-order valence-electron chi connectivity index (χ0n) is 11.8. The van der Waals surface area contributed by atoms with E-state index in [0.717, 1.165) is 27.9 Å². The summed E-state index contributed by atoms with van der Waals surface area (Å²) in [4.78, 5) is 14.1. The number of anilines is 1. The molecule has 0 atom stereocenters. The maximum Gasteiger partial charge on any atom is 0.227 e. The molecule has 0 saturated heterocycles. The first-order valence-electron chi connectivity index (χ1n) is 6.89. The fraction of sp³-hybridized carbons (Fsp3) is 0.235. The third kappa shape index (κ3) is 2.95. The van der Waals surface area contributed by atoms with Gasteiger partial charge >= 0.3 is 0 Å². The lowest BCUT2D eigenvalue weighted by Gasteiger charge is -2.29. The second-order valence-electron chi connectivity index (χ2n) is 5.11. The Labute approximate surface area is 132 Å². The molecule has 1 amide bonds. The molecular formula is C17H16BrNO2. The largest absolute Gasteiger partial charge is 0.497 e. The summed E-state index contributed by atoms with van der Waals surface area (Å²) < 4.78 is 6.24. The number of amides is 1. The maximum atomic E-state index is 12.3. The molecule has 3 rings (SSSR count). The van der Waals surface area contributed by atoms with Crippen LogP contribution in [-0.2, 0) is 17.8 Å². The maximum absolute atomic E-state index is 12.3. The van der Waals surface area contributed by atoms with Gasteiger partial charge in [0.2, 0.25) is 5.91 Å². The standard InChI is InChI=1S/C17H16BrNO2/c1-21-15-9-12(8-14(18)10-15)11-19-16-5-3-2-4-13(16)6-7-17(19)20/h2-5,8-10H,6-7,11H2,1H3. The van der Waals surface area contributed by atoms with E-state index < -0.39 is 0 Å². The van der Waals surface area contributed by atoms with Crippen LogP contribution in [0.4, 0.5) is 5.69 Å². The van der Waals surface area contributed by atoms with Gasteiger partial charge in [0, 0.05) is 16.6 Å². The number of carbonyl (C=O) groups excluding carboxylic acids is 1. The van der Waals surface area contributed by atoms with E-state index in [0.29, 0.717) is 13.0 Å². The number of nitrogens with zero attached hydrogens (tertiary/aromatic N) is 1. The van der Waals surface area contributed by atoms with Gasteiger partial charge in [0.15, 0.2) is 0 Å². The summed E-state index contributed by atoms with van der Waals surface area (Å²) in [5.41, 5.74) is 3.30. The van der Waals surface area contributed by atoms with Gasteiger partial charge < -0.3 is 9.64 Å². The number of fused-ring (bicyclic) bond motifs is 1. The summed E-state index contributed by atoms with van der Waals surface area (Å²) in [7, 11) is 1.65. The van der Waals surface area contributed by atoms with Crippen molar-refractivity contribution in [1.82, 2.24) is 0 Å². The summed E-state index contributed by atoms with van der Waals surface area (Å²) >= 11 is 3.48. The van der Waals surface area contributed by atoms with Crippen LogP contribution in [0.1, 0.15) is 17.5 Å². The van der Waals surface area contributed by atoms with Crippen LogP contribution in [0.2, 0.25) is 0 Å². The minimum absolute atomic E-state index is 0.174. The summed E-state index contributed by atoms with van der Waals surface area (Å²) in [6, 6.07) is 14.0. The van der Waals surface area contributed by atoms with Crippen molar-refractivity contribution in [1.29, 1.82) is 0 Å². The molecule has 21 heavy (non-hydrogen) atoms. The van der Waals surface area contributed by atoms with Crippen LogP contribution < -0.4 is 9.64 Å². The Kier molecular flexibility index (Phi) is 3.97. The Bertz CT molecular complexity index is 684. The molecule has 1 aliphatic heterocycles. The molecule has 0 bridgehead atoms. The lowest BCUT2D eigenvalue weighted by atomic mass is 10.0. The molecule has 0 aromatic heterocycles. The van der Waals surface area contributed by atoms with E-state index >= 15 is 0 Å². The van der Waals surface area contributed by atoms with Crippen LogP contribution in [0.3, 0.4) is 0 Å². The average Bonchev–Trinajstić information content (AvgIpc) is 2.49. The van der Waals surface area contributed by atoms with Crippen molar-refractivity contribution in [3.63, 3.8) is 0 Å². The monoisotopic (exact) mass is 345 g/mol. The van der Waals surface area contributed by atoms with Gasteiger partial charge in [-0.2, -0.15) is 0 Å².